The Bertz CT molecular complexity index is 306. The Labute approximate surface area is 99.6 Å². The predicted octanol–water partition coefficient (Wildman–Crippen LogP) is 3.29. The smallest absolute Gasteiger partial charge is 0.0574 e. The molecule has 2 rings (SSSR count). The topological polar surface area (TPSA) is 24.9 Å². The number of aromatic nitrogens is 1. The zero-order valence-electron chi connectivity index (χ0n) is 9.04. The standard InChI is InChI=1S/C12H17BrN2/c1-14-12(7-9-3-2-4-9)11-6-5-10(13)8-15-11/h5-6,8-9,12,14H,2-4,7H2,1H3. The summed E-state index contributed by atoms with van der Waals surface area (Å²) in [5, 5.41) is 3.36. The first-order valence-corrected chi connectivity index (χ1v) is 6.37. The molecule has 1 heterocycles. The van der Waals surface area contributed by atoms with E-state index in [2.05, 4.69) is 38.4 Å². The maximum Gasteiger partial charge on any atom is 0.0574 e. The van der Waals surface area contributed by atoms with E-state index in [-0.39, 0.29) is 0 Å². The van der Waals surface area contributed by atoms with E-state index in [1.54, 1.807) is 0 Å². The van der Waals surface area contributed by atoms with Crippen molar-refractivity contribution in [2.45, 2.75) is 31.7 Å². The number of nitrogens with one attached hydrogen (secondary N) is 1. The van der Waals surface area contributed by atoms with Gasteiger partial charge in [-0.3, -0.25) is 4.98 Å². The molecule has 15 heavy (non-hydrogen) atoms. The molecule has 0 spiro atoms. The van der Waals surface area contributed by atoms with E-state index in [4.69, 9.17) is 0 Å². The van der Waals surface area contributed by atoms with Gasteiger partial charge >= 0.3 is 0 Å². The molecule has 0 aromatic carbocycles. The van der Waals surface area contributed by atoms with Crippen molar-refractivity contribution in [2.75, 3.05) is 7.05 Å². The summed E-state index contributed by atoms with van der Waals surface area (Å²) in [6, 6.07) is 4.58. The first-order valence-electron chi connectivity index (χ1n) is 5.58. The van der Waals surface area contributed by atoms with Crippen molar-refractivity contribution in [1.29, 1.82) is 0 Å². The van der Waals surface area contributed by atoms with Crippen LogP contribution in [0, 0.1) is 5.92 Å². The predicted molar refractivity (Wildman–Crippen MR) is 65.7 cm³/mol. The minimum Gasteiger partial charge on any atom is -0.312 e. The molecule has 3 heteroatoms. The lowest BCUT2D eigenvalue weighted by molar-refractivity contribution is 0.264. The van der Waals surface area contributed by atoms with E-state index < -0.39 is 0 Å². The first kappa shape index (κ1) is 11.1. The van der Waals surface area contributed by atoms with Gasteiger partial charge in [0.1, 0.15) is 0 Å². The van der Waals surface area contributed by atoms with Gasteiger partial charge in [-0.25, -0.2) is 0 Å². The van der Waals surface area contributed by atoms with Gasteiger partial charge in [-0.05, 0) is 47.4 Å². The second-order valence-corrected chi connectivity index (χ2v) is 5.19. The molecule has 1 aliphatic rings. The van der Waals surface area contributed by atoms with E-state index in [9.17, 15) is 0 Å². The highest BCUT2D eigenvalue weighted by Crippen LogP contribution is 2.34. The maximum atomic E-state index is 4.45. The summed E-state index contributed by atoms with van der Waals surface area (Å²) in [4.78, 5) is 4.45. The quantitative estimate of drug-likeness (QED) is 0.907. The molecule has 0 amide bonds. The normalized spacial score (nSPS) is 18.5. The Balaban J connectivity index is 2.01. The molecule has 0 saturated heterocycles. The molecule has 82 valence electrons. The second kappa shape index (κ2) is 5.08. The summed E-state index contributed by atoms with van der Waals surface area (Å²) in [7, 11) is 2.02. The minimum atomic E-state index is 0.420. The van der Waals surface area contributed by atoms with Crippen molar-refractivity contribution in [3.63, 3.8) is 0 Å². The number of hydrogen-bond donors (Lipinski definition) is 1. The lowest BCUT2D eigenvalue weighted by Gasteiger charge is -2.29. The monoisotopic (exact) mass is 268 g/mol. The van der Waals surface area contributed by atoms with Crippen LogP contribution >= 0.6 is 15.9 Å². The van der Waals surface area contributed by atoms with E-state index in [0.717, 1.165) is 16.1 Å². The van der Waals surface area contributed by atoms with Crippen LogP contribution in [0.5, 0.6) is 0 Å². The van der Waals surface area contributed by atoms with Crippen LogP contribution in [0.2, 0.25) is 0 Å². The van der Waals surface area contributed by atoms with Gasteiger partial charge in [0.2, 0.25) is 0 Å². The Morgan fingerprint density at radius 2 is 2.33 bits per heavy atom. The van der Waals surface area contributed by atoms with Gasteiger partial charge < -0.3 is 5.32 Å². The lowest BCUT2D eigenvalue weighted by atomic mass is 9.80. The summed E-state index contributed by atoms with van der Waals surface area (Å²) in [5.74, 6) is 0.910. The van der Waals surface area contributed by atoms with Crippen LogP contribution in [0.15, 0.2) is 22.8 Å². The highest BCUT2D eigenvalue weighted by molar-refractivity contribution is 9.10. The average Bonchev–Trinajstić information content (AvgIpc) is 2.19. The van der Waals surface area contributed by atoms with Crippen LogP contribution in [-0.2, 0) is 0 Å². The van der Waals surface area contributed by atoms with Gasteiger partial charge in [0.25, 0.3) is 0 Å². The van der Waals surface area contributed by atoms with Gasteiger partial charge in [-0.15, -0.1) is 0 Å². The van der Waals surface area contributed by atoms with E-state index >= 15 is 0 Å². The van der Waals surface area contributed by atoms with Crippen molar-refractivity contribution >= 4 is 15.9 Å². The summed E-state index contributed by atoms with van der Waals surface area (Å²) >= 11 is 3.41. The van der Waals surface area contributed by atoms with Gasteiger partial charge in [0, 0.05) is 16.7 Å². The Hall–Kier alpha value is -0.410. The van der Waals surface area contributed by atoms with E-state index in [0.29, 0.717) is 6.04 Å². The van der Waals surface area contributed by atoms with E-state index in [1.165, 1.54) is 25.7 Å². The van der Waals surface area contributed by atoms with Gasteiger partial charge in [0.15, 0.2) is 0 Å². The van der Waals surface area contributed by atoms with E-state index in [1.807, 2.05) is 13.2 Å². The van der Waals surface area contributed by atoms with Crippen molar-refractivity contribution in [2.24, 2.45) is 5.92 Å². The fourth-order valence-corrected chi connectivity index (χ4v) is 2.28. The Morgan fingerprint density at radius 1 is 1.53 bits per heavy atom. The average molecular weight is 269 g/mol. The van der Waals surface area contributed by atoms with Crippen molar-refractivity contribution in [3.05, 3.63) is 28.5 Å². The zero-order valence-corrected chi connectivity index (χ0v) is 10.6. The Morgan fingerprint density at radius 3 is 2.80 bits per heavy atom. The molecule has 1 aliphatic carbocycles. The SMILES string of the molecule is CNC(CC1CCC1)c1ccc(Br)cn1. The number of nitrogens with zero attached hydrogens (tertiary/aromatic N) is 1. The first-order chi connectivity index (χ1) is 7.29. The second-order valence-electron chi connectivity index (χ2n) is 4.28. The molecule has 2 nitrogen and oxygen atoms in total. The molecule has 1 N–H and O–H groups in total. The maximum absolute atomic E-state index is 4.45. The fourth-order valence-electron chi connectivity index (χ4n) is 2.04. The molecule has 1 atom stereocenters. The molecule has 1 aromatic rings. The molecular weight excluding hydrogens is 252 g/mol. The fraction of sp³-hybridized carbons (Fsp3) is 0.583. The number of hydrogen-bond acceptors (Lipinski definition) is 2. The third-order valence-corrected chi connectivity index (χ3v) is 3.72. The summed E-state index contributed by atoms with van der Waals surface area (Å²) in [6.45, 7) is 0. The molecule has 1 saturated carbocycles. The number of rotatable bonds is 4. The summed E-state index contributed by atoms with van der Waals surface area (Å²) in [5.41, 5.74) is 1.16. The highest BCUT2D eigenvalue weighted by atomic mass is 79.9. The van der Waals surface area contributed by atoms with Crippen molar-refractivity contribution in [3.8, 4) is 0 Å². The minimum absolute atomic E-state index is 0.420. The molecule has 0 aliphatic heterocycles. The van der Waals surface area contributed by atoms with Crippen LogP contribution in [-0.4, -0.2) is 12.0 Å². The third kappa shape index (κ3) is 2.79. The van der Waals surface area contributed by atoms with Gasteiger partial charge in [-0.1, -0.05) is 19.3 Å². The molecule has 1 aromatic heterocycles. The summed E-state index contributed by atoms with van der Waals surface area (Å²) in [6.07, 6.45) is 7.31. The molecule has 1 unspecified atom stereocenters. The largest absolute Gasteiger partial charge is 0.312 e. The van der Waals surface area contributed by atoms with Crippen LogP contribution < -0.4 is 5.32 Å². The molecule has 1 fully saturated rings. The van der Waals surface area contributed by atoms with Gasteiger partial charge in [0.05, 0.1) is 5.69 Å². The summed E-state index contributed by atoms with van der Waals surface area (Å²) < 4.78 is 1.05. The van der Waals surface area contributed by atoms with Gasteiger partial charge in [-0.2, -0.15) is 0 Å². The van der Waals surface area contributed by atoms with Crippen LogP contribution in [0.3, 0.4) is 0 Å². The zero-order chi connectivity index (χ0) is 10.7. The van der Waals surface area contributed by atoms with Crippen LogP contribution in [0.4, 0.5) is 0 Å². The molecule has 0 radical (unpaired) electrons. The van der Waals surface area contributed by atoms with Crippen molar-refractivity contribution in [1.82, 2.24) is 10.3 Å². The third-order valence-electron chi connectivity index (χ3n) is 3.25. The van der Waals surface area contributed by atoms with Crippen LogP contribution in [0.25, 0.3) is 0 Å². The number of halogens is 1. The highest BCUT2D eigenvalue weighted by Gasteiger charge is 2.22. The van der Waals surface area contributed by atoms with Crippen LogP contribution in [0.1, 0.15) is 37.4 Å². The molecule has 0 bridgehead atoms. The lowest BCUT2D eigenvalue weighted by Crippen LogP contribution is -2.23. The van der Waals surface area contributed by atoms with Crippen molar-refractivity contribution < 1.29 is 0 Å². The Kier molecular flexibility index (Phi) is 3.76. The number of pyridine rings is 1. The molecular formula is C12H17BrN2.